The van der Waals surface area contributed by atoms with Crippen LogP contribution in [0.3, 0.4) is 0 Å². The Hall–Kier alpha value is -4.07. The summed E-state index contributed by atoms with van der Waals surface area (Å²) in [7, 11) is 0. The topological polar surface area (TPSA) is 102 Å². The van der Waals surface area contributed by atoms with Crippen LogP contribution >= 0.6 is 0 Å². The molecule has 2 amide bonds. The molecule has 4 rings (SSSR count). The number of hydrogen-bond acceptors (Lipinski definition) is 5. The Bertz CT molecular complexity index is 1200. The van der Waals surface area contributed by atoms with E-state index < -0.39 is 5.91 Å². The Balaban J connectivity index is 1.71. The number of ether oxygens (including phenoxy) is 1. The minimum Gasteiger partial charge on any atom is -0.457 e. The van der Waals surface area contributed by atoms with E-state index in [9.17, 15) is 9.59 Å². The van der Waals surface area contributed by atoms with Crippen molar-refractivity contribution in [3.05, 3.63) is 72.8 Å². The highest BCUT2D eigenvalue weighted by Gasteiger charge is 2.31. The van der Waals surface area contributed by atoms with Crippen molar-refractivity contribution in [2.45, 2.75) is 38.8 Å². The Labute approximate surface area is 205 Å². The number of benzene rings is 2. The third kappa shape index (κ3) is 5.37. The van der Waals surface area contributed by atoms with E-state index in [0.717, 1.165) is 24.2 Å². The molecular weight excluding hydrogens is 442 g/mol. The lowest BCUT2D eigenvalue weighted by molar-refractivity contribution is -0.127. The van der Waals surface area contributed by atoms with E-state index >= 15 is 0 Å². The maximum atomic E-state index is 12.6. The number of nitrogens with one attached hydrogen (secondary N) is 1. The summed E-state index contributed by atoms with van der Waals surface area (Å²) in [5.74, 6) is 1.32. The lowest BCUT2D eigenvalue weighted by Gasteiger charge is -2.33. The predicted octanol–water partition coefficient (Wildman–Crippen LogP) is 4.61. The van der Waals surface area contributed by atoms with Crippen LogP contribution in [0.5, 0.6) is 11.5 Å². The maximum absolute atomic E-state index is 12.6. The summed E-state index contributed by atoms with van der Waals surface area (Å²) in [5, 5.41) is 8.22. The molecule has 8 heteroatoms. The number of primary amides is 1. The van der Waals surface area contributed by atoms with Crippen molar-refractivity contribution in [2.24, 2.45) is 5.73 Å². The molecule has 2 heterocycles. The summed E-state index contributed by atoms with van der Waals surface area (Å²) in [6, 6.07) is 16.9. The van der Waals surface area contributed by atoms with Gasteiger partial charge in [-0.15, -0.1) is 0 Å². The number of aromatic nitrogens is 2. The molecule has 3 aromatic rings. The highest BCUT2D eigenvalue weighted by Crippen LogP contribution is 2.35. The van der Waals surface area contributed by atoms with Gasteiger partial charge in [0, 0.05) is 24.7 Å². The van der Waals surface area contributed by atoms with E-state index in [0.29, 0.717) is 35.9 Å². The number of nitrogens with two attached hydrogens (primary N) is 1. The standard InChI is InChI=1S/C27H31N5O3/c1-4-23(33)31-16-8-9-20(17-31)32-27(29-18(2)3)24(26(28)34)25(30-32)19-12-14-22(15-13-19)35-21-10-6-5-7-11-21/h4-7,10-15,18,20,29H,1,8-9,16-17H2,2-3H3,(H2,28,34). The number of rotatable bonds is 8. The molecule has 2 aromatic carbocycles. The molecule has 1 unspecified atom stereocenters. The third-order valence-corrected chi connectivity index (χ3v) is 5.92. The van der Waals surface area contributed by atoms with E-state index in [1.807, 2.05) is 73.1 Å². The fourth-order valence-electron chi connectivity index (χ4n) is 4.33. The first kappa shape index (κ1) is 24.1. The van der Waals surface area contributed by atoms with Crippen molar-refractivity contribution in [1.82, 2.24) is 14.7 Å². The second-order valence-corrected chi connectivity index (χ2v) is 8.90. The maximum Gasteiger partial charge on any atom is 0.254 e. The number of carbonyl (C=O) groups excluding carboxylic acids is 2. The average molecular weight is 474 g/mol. The Morgan fingerprint density at radius 2 is 1.83 bits per heavy atom. The summed E-state index contributed by atoms with van der Waals surface area (Å²) in [5.41, 5.74) is 7.45. The number of carbonyl (C=O) groups is 2. The van der Waals surface area contributed by atoms with Crippen molar-refractivity contribution in [3.63, 3.8) is 0 Å². The van der Waals surface area contributed by atoms with Gasteiger partial charge in [0.15, 0.2) is 0 Å². The predicted molar refractivity (Wildman–Crippen MR) is 137 cm³/mol. The van der Waals surface area contributed by atoms with E-state index in [1.54, 1.807) is 4.90 Å². The lowest BCUT2D eigenvalue weighted by Crippen LogP contribution is -2.40. The molecule has 1 aliphatic rings. The largest absolute Gasteiger partial charge is 0.457 e. The number of piperidine rings is 1. The third-order valence-electron chi connectivity index (χ3n) is 5.92. The van der Waals surface area contributed by atoms with Crippen LogP contribution in [0.1, 0.15) is 43.1 Å². The van der Waals surface area contributed by atoms with Gasteiger partial charge in [0.25, 0.3) is 5.91 Å². The molecule has 1 atom stereocenters. The quantitative estimate of drug-likeness (QED) is 0.465. The molecule has 8 nitrogen and oxygen atoms in total. The van der Waals surface area contributed by atoms with Crippen LogP contribution in [-0.4, -0.2) is 45.6 Å². The fourth-order valence-corrected chi connectivity index (χ4v) is 4.33. The monoisotopic (exact) mass is 473 g/mol. The molecule has 3 N–H and O–H groups in total. The lowest BCUT2D eigenvalue weighted by atomic mass is 10.0. The van der Waals surface area contributed by atoms with Crippen molar-refractivity contribution in [2.75, 3.05) is 18.4 Å². The fraction of sp³-hybridized carbons (Fsp3) is 0.296. The molecular formula is C27H31N5O3. The summed E-state index contributed by atoms with van der Waals surface area (Å²) >= 11 is 0. The van der Waals surface area contributed by atoms with E-state index in [4.69, 9.17) is 15.6 Å². The van der Waals surface area contributed by atoms with Gasteiger partial charge in [0.2, 0.25) is 5.91 Å². The molecule has 1 aliphatic heterocycles. The highest BCUT2D eigenvalue weighted by molar-refractivity contribution is 6.03. The second kappa shape index (κ2) is 10.5. The molecule has 1 fully saturated rings. The number of hydrogen-bond donors (Lipinski definition) is 2. The first-order valence-electron chi connectivity index (χ1n) is 11.8. The van der Waals surface area contributed by atoms with Crippen LogP contribution < -0.4 is 15.8 Å². The molecule has 0 aliphatic carbocycles. The van der Waals surface area contributed by atoms with Crippen LogP contribution in [0.4, 0.5) is 5.82 Å². The molecule has 0 saturated carbocycles. The van der Waals surface area contributed by atoms with Gasteiger partial charge in [-0.25, -0.2) is 4.68 Å². The van der Waals surface area contributed by atoms with Crippen LogP contribution in [0.25, 0.3) is 11.3 Å². The molecule has 1 aromatic heterocycles. The smallest absolute Gasteiger partial charge is 0.254 e. The van der Waals surface area contributed by atoms with Crippen LogP contribution in [0.2, 0.25) is 0 Å². The summed E-state index contributed by atoms with van der Waals surface area (Å²) < 4.78 is 7.72. The van der Waals surface area contributed by atoms with Crippen LogP contribution in [0, 0.1) is 0 Å². The first-order chi connectivity index (χ1) is 16.9. The normalized spacial score (nSPS) is 15.6. The number of amides is 2. The van der Waals surface area contributed by atoms with Gasteiger partial charge in [-0.2, -0.15) is 5.10 Å². The zero-order chi connectivity index (χ0) is 24.9. The molecule has 0 bridgehead atoms. The number of likely N-dealkylation sites (tertiary alicyclic amines) is 1. The Kier molecular flexibility index (Phi) is 7.19. The van der Waals surface area contributed by atoms with Gasteiger partial charge >= 0.3 is 0 Å². The van der Waals surface area contributed by atoms with Gasteiger partial charge < -0.3 is 20.7 Å². The molecule has 35 heavy (non-hydrogen) atoms. The molecule has 1 saturated heterocycles. The second-order valence-electron chi connectivity index (χ2n) is 8.90. The summed E-state index contributed by atoms with van der Waals surface area (Å²) in [4.78, 5) is 26.7. The molecule has 182 valence electrons. The van der Waals surface area contributed by atoms with Gasteiger partial charge in [0.05, 0.1) is 6.04 Å². The van der Waals surface area contributed by atoms with Crippen molar-refractivity contribution in [3.8, 4) is 22.8 Å². The zero-order valence-electron chi connectivity index (χ0n) is 20.1. The molecule has 0 spiro atoms. The minimum absolute atomic E-state index is 0.0487. The van der Waals surface area contributed by atoms with Crippen molar-refractivity contribution < 1.29 is 14.3 Å². The van der Waals surface area contributed by atoms with E-state index in [1.165, 1.54) is 6.08 Å². The van der Waals surface area contributed by atoms with Crippen molar-refractivity contribution >= 4 is 17.6 Å². The van der Waals surface area contributed by atoms with Crippen molar-refractivity contribution in [1.29, 1.82) is 0 Å². The zero-order valence-corrected chi connectivity index (χ0v) is 20.1. The number of anilines is 1. The molecule has 0 radical (unpaired) electrons. The summed E-state index contributed by atoms with van der Waals surface area (Å²) in [6.45, 7) is 8.75. The van der Waals surface area contributed by atoms with Crippen LogP contribution in [0.15, 0.2) is 67.3 Å². The Morgan fingerprint density at radius 3 is 2.46 bits per heavy atom. The van der Waals surface area contributed by atoms with E-state index in [-0.39, 0.29) is 18.0 Å². The number of nitrogens with zero attached hydrogens (tertiary/aromatic N) is 3. The first-order valence-corrected chi connectivity index (χ1v) is 11.8. The number of para-hydroxylation sites is 1. The van der Waals surface area contributed by atoms with E-state index in [2.05, 4.69) is 11.9 Å². The summed E-state index contributed by atoms with van der Waals surface area (Å²) in [6.07, 6.45) is 2.99. The highest BCUT2D eigenvalue weighted by atomic mass is 16.5. The SMILES string of the molecule is C=CC(=O)N1CCCC(n2nc(-c3ccc(Oc4ccccc4)cc3)c(C(N)=O)c2NC(C)C)C1. The van der Waals surface area contributed by atoms with Crippen LogP contribution in [-0.2, 0) is 4.79 Å². The van der Waals surface area contributed by atoms with Gasteiger partial charge in [0.1, 0.15) is 28.6 Å². The van der Waals surface area contributed by atoms with Gasteiger partial charge in [-0.3, -0.25) is 9.59 Å². The van der Waals surface area contributed by atoms with Gasteiger partial charge in [-0.1, -0.05) is 24.8 Å². The minimum atomic E-state index is -0.561. The Morgan fingerprint density at radius 1 is 1.14 bits per heavy atom. The van der Waals surface area contributed by atoms with Gasteiger partial charge in [-0.05, 0) is 69.2 Å². The average Bonchev–Trinajstić information content (AvgIpc) is 3.23.